The lowest BCUT2D eigenvalue weighted by Gasteiger charge is -2.35. The molecule has 0 saturated carbocycles. The average molecular weight is 344 g/mol. The summed E-state index contributed by atoms with van der Waals surface area (Å²) in [6, 6.07) is 10.5. The van der Waals surface area contributed by atoms with Crippen molar-refractivity contribution in [1.29, 1.82) is 0 Å². The number of hydrogen-bond donors (Lipinski definition) is 0. The van der Waals surface area contributed by atoms with E-state index in [1.807, 2.05) is 6.07 Å². The maximum Gasteiger partial charge on any atom is 0.162 e. The van der Waals surface area contributed by atoms with E-state index in [2.05, 4.69) is 31.2 Å². The van der Waals surface area contributed by atoms with Crippen LogP contribution in [0.2, 0.25) is 0 Å². The highest BCUT2D eigenvalue weighted by Gasteiger charge is 2.35. The lowest BCUT2D eigenvalue weighted by molar-refractivity contribution is -0.151. The molecule has 2 fully saturated rings. The number of fused-ring (bicyclic) bond motifs is 3. The van der Waals surface area contributed by atoms with Crippen molar-refractivity contribution in [2.24, 2.45) is 5.92 Å². The number of carbonyl (C=O) groups excluding carboxylic acids is 1. The van der Waals surface area contributed by atoms with E-state index < -0.39 is 0 Å². The van der Waals surface area contributed by atoms with Crippen molar-refractivity contribution in [1.82, 2.24) is 0 Å². The molecule has 2 aliphatic heterocycles. The summed E-state index contributed by atoms with van der Waals surface area (Å²) in [6.45, 7) is 3.63. The minimum Gasteiger partial charge on any atom is -0.381 e. The smallest absolute Gasteiger partial charge is 0.162 e. The van der Waals surface area contributed by atoms with Crippen LogP contribution in [0.4, 0.5) is 0 Å². The highest BCUT2D eigenvalue weighted by molar-refractivity contribution is 5.84. The second kappa shape index (κ2) is 9.49. The fourth-order valence-corrected chi connectivity index (χ4v) is 4.31. The van der Waals surface area contributed by atoms with E-state index in [4.69, 9.17) is 9.47 Å². The molecular weight excluding hydrogens is 312 g/mol. The predicted molar refractivity (Wildman–Crippen MR) is 99.8 cm³/mol. The van der Waals surface area contributed by atoms with Crippen molar-refractivity contribution in [3.8, 4) is 0 Å². The van der Waals surface area contributed by atoms with Gasteiger partial charge in [0.25, 0.3) is 0 Å². The molecule has 4 unspecified atom stereocenters. The molecule has 0 spiro atoms. The first-order valence-electron chi connectivity index (χ1n) is 10.1. The Bertz CT molecular complexity index is 515. The zero-order valence-electron chi connectivity index (χ0n) is 15.5. The lowest BCUT2D eigenvalue weighted by atomic mass is 9.84. The van der Waals surface area contributed by atoms with Crippen molar-refractivity contribution < 1.29 is 14.3 Å². The normalized spacial score (nSPS) is 28.4. The van der Waals surface area contributed by atoms with Crippen LogP contribution < -0.4 is 0 Å². The van der Waals surface area contributed by atoms with Gasteiger partial charge in [0.2, 0.25) is 0 Å². The van der Waals surface area contributed by atoms with Gasteiger partial charge in [-0.2, -0.15) is 0 Å². The first-order valence-corrected chi connectivity index (χ1v) is 10.1. The summed E-state index contributed by atoms with van der Waals surface area (Å²) in [5, 5.41) is 0. The van der Waals surface area contributed by atoms with Crippen LogP contribution in [-0.2, 0) is 14.3 Å². The van der Waals surface area contributed by atoms with Crippen LogP contribution >= 0.6 is 0 Å². The van der Waals surface area contributed by atoms with E-state index in [0.717, 1.165) is 38.7 Å². The maximum absolute atomic E-state index is 13.2. The van der Waals surface area contributed by atoms with Crippen LogP contribution in [0.25, 0.3) is 0 Å². The summed E-state index contributed by atoms with van der Waals surface area (Å²) in [6.07, 6.45) is 8.09. The van der Waals surface area contributed by atoms with Crippen molar-refractivity contribution >= 4 is 5.78 Å². The molecule has 1 aromatic rings. The summed E-state index contributed by atoms with van der Waals surface area (Å²) >= 11 is 0. The zero-order chi connectivity index (χ0) is 17.5. The fraction of sp³-hybridized carbons (Fsp3) is 0.682. The summed E-state index contributed by atoms with van der Waals surface area (Å²) in [4.78, 5) is 13.2. The summed E-state index contributed by atoms with van der Waals surface area (Å²) in [5.74, 6) is 0.814. The number of ketones is 1. The zero-order valence-corrected chi connectivity index (χ0v) is 15.5. The average Bonchev–Trinajstić information content (AvgIpc) is 2.61. The van der Waals surface area contributed by atoms with Gasteiger partial charge >= 0.3 is 0 Å². The van der Waals surface area contributed by atoms with Gasteiger partial charge in [0.1, 0.15) is 6.10 Å². The van der Waals surface area contributed by atoms with Gasteiger partial charge < -0.3 is 9.47 Å². The van der Waals surface area contributed by atoms with Crippen LogP contribution in [0.3, 0.4) is 0 Å². The number of rotatable bonds is 6. The van der Waals surface area contributed by atoms with Crippen LogP contribution in [0.5, 0.6) is 0 Å². The monoisotopic (exact) mass is 344 g/mol. The van der Waals surface area contributed by atoms with E-state index in [0.29, 0.717) is 18.9 Å². The Morgan fingerprint density at radius 2 is 1.96 bits per heavy atom. The van der Waals surface area contributed by atoms with Gasteiger partial charge in [-0.1, -0.05) is 56.5 Å². The second-order valence-electron chi connectivity index (χ2n) is 7.65. The Morgan fingerprint density at radius 3 is 2.76 bits per heavy atom. The molecule has 2 aliphatic rings. The van der Waals surface area contributed by atoms with Gasteiger partial charge in [0.15, 0.2) is 5.78 Å². The third kappa shape index (κ3) is 5.15. The van der Waals surface area contributed by atoms with E-state index in [-0.39, 0.29) is 23.9 Å². The summed E-state index contributed by atoms with van der Waals surface area (Å²) < 4.78 is 12.2. The van der Waals surface area contributed by atoms with E-state index in [1.54, 1.807) is 0 Å². The molecule has 3 nitrogen and oxygen atoms in total. The molecule has 3 rings (SSSR count). The van der Waals surface area contributed by atoms with Crippen LogP contribution in [-0.4, -0.2) is 31.2 Å². The fourth-order valence-electron chi connectivity index (χ4n) is 4.31. The molecule has 0 amide bonds. The first-order chi connectivity index (χ1) is 12.3. The van der Waals surface area contributed by atoms with E-state index in [9.17, 15) is 4.79 Å². The van der Waals surface area contributed by atoms with Gasteiger partial charge in [-0.15, -0.1) is 0 Å². The van der Waals surface area contributed by atoms with Crippen LogP contribution in [0, 0.1) is 5.92 Å². The molecule has 0 radical (unpaired) electrons. The van der Waals surface area contributed by atoms with Crippen molar-refractivity contribution in [2.75, 3.05) is 13.2 Å². The van der Waals surface area contributed by atoms with E-state index >= 15 is 0 Å². The molecule has 2 saturated heterocycles. The minimum absolute atomic E-state index is 0.193. The predicted octanol–water partition coefficient (Wildman–Crippen LogP) is 4.89. The largest absolute Gasteiger partial charge is 0.381 e. The SMILES string of the molecule is CCCC(CC(=O)C1OC2CCCCC1COCC2)c1ccccc1. The number of benzene rings is 1. The third-order valence-electron chi connectivity index (χ3n) is 5.71. The Kier molecular flexibility index (Phi) is 7.06. The second-order valence-corrected chi connectivity index (χ2v) is 7.65. The van der Waals surface area contributed by atoms with Gasteiger partial charge in [0.05, 0.1) is 12.7 Å². The molecule has 3 heteroatoms. The molecular formula is C22H32O3. The molecule has 0 aliphatic carbocycles. The van der Waals surface area contributed by atoms with Crippen molar-refractivity contribution in [3.05, 3.63) is 35.9 Å². The molecule has 0 N–H and O–H groups in total. The molecule has 1 aromatic carbocycles. The number of Topliss-reactive ketones (excluding diaryl/α,β-unsaturated/α-hetero) is 1. The molecule has 4 atom stereocenters. The lowest BCUT2D eigenvalue weighted by Crippen LogP contribution is -2.42. The van der Waals surface area contributed by atoms with Gasteiger partial charge in [0, 0.05) is 18.9 Å². The first kappa shape index (κ1) is 18.6. The topological polar surface area (TPSA) is 35.5 Å². The molecule has 2 bridgehead atoms. The number of carbonyl (C=O) groups is 1. The highest BCUT2D eigenvalue weighted by atomic mass is 16.5. The number of ether oxygens (including phenoxy) is 2. The maximum atomic E-state index is 13.2. The number of hydrogen-bond acceptors (Lipinski definition) is 3. The van der Waals surface area contributed by atoms with Crippen molar-refractivity contribution in [2.45, 2.75) is 76.4 Å². The summed E-state index contributed by atoms with van der Waals surface area (Å²) in [5.41, 5.74) is 1.28. The Morgan fingerprint density at radius 1 is 1.16 bits per heavy atom. The highest BCUT2D eigenvalue weighted by Crippen LogP contribution is 2.32. The third-order valence-corrected chi connectivity index (χ3v) is 5.71. The van der Waals surface area contributed by atoms with E-state index in [1.165, 1.54) is 18.4 Å². The Labute approximate surface area is 152 Å². The molecule has 2 heterocycles. The Hall–Kier alpha value is -1.19. The van der Waals surface area contributed by atoms with Gasteiger partial charge in [-0.3, -0.25) is 4.79 Å². The summed E-state index contributed by atoms with van der Waals surface area (Å²) in [7, 11) is 0. The van der Waals surface area contributed by atoms with Crippen LogP contribution in [0.15, 0.2) is 30.3 Å². The van der Waals surface area contributed by atoms with Gasteiger partial charge in [-0.25, -0.2) is 0 Å². The minimum atomic E-state index is -0.270. The quantitative estimate of drug-likeness (QED) is 0.737. The van der Waals surface area contributed by atoms with Crippen LogP contribution in [0.1, 0.15) is 69.8 Å². The Balaban J connectivity index is 1.72. The standard InChI is InChI=1S/C22H32O3/c1-2-8-18(17-9-4-3-5-10-17)15-21(23)22-19-11-6-7-12-20(25-22)13-14-24-16-19/h3-5,9-10,18-20,22H,2,6-8,11-16H2,1H3. The van der Waals surface area contributed by atoms with Gasteiger partial charge in [-0.05, 0) is 37.2 Å². The van der Waals surface area contributed by atoms with Crippen molar-refractivity contribution in [3.63, 3.8) is 0 Å². The molecule has 25 heavy (non-hydrogen) atoms. The molecule has 0 aromatic heterocycles. The molecule has 138 valence electrons.